The van der Waals surface area contributed by atoms with Gasteiger partial charge in [-0.2, -0.15) is 0 Å². The lowest BCUT2D eigenvalue weighted by Crippen LogP contribution is -2.35. The van der Waals surface area contributed by atoms with Crippen molar-refractivity contribution in [1.29, 1.82) is 0 Å². The normalized spacial score (nSPS) is 10.6. The number of hydrogen-bond donors (Lipinski definition) is 2. The van der Waals surface area contributed by atoms with Gasteiger partial charge in [-0.05, 0) is 56.1 Å². The largest absolute Gasteiger partial charge is 0.327 e. The Hall–Kier alpha value is -1.74. The molecule has 132 valence electrons. The zero-order chi connectivity index (χ0) is 18.8. The lowest BCUT2D eigenvalue weighted by Gasteiger charge is -2.09. The zero-order valence-electron chi connectivity index (χ0n) is 12.7. The molecule has 3 aromatic rings. The minimum Gasteiger partial charge on any atom is -0.291 e. The highest BCUT2D eigenvalue weighted by molar-refractivity contribution is 9.13. The first-order valence-electron chi connectivity index (χ1n) is 7.03. The molecule has 0 saturated heterocycles. The molecule has 0 bridgehead atoms. The number of amides is 3. The molecule has 0 spiro atoms. The fourth-order valence-corrected chi connectivity index (χ4v) is 3.33. The van der Waals surface area contributed by atoms with Crippen LogP contribution in [0.1, 0.15) is 10.4 Å². The van der Waals surface area contributed by atoms with Crippen molar-refractivity contribution in [2.24, 2.45) is 0 Å². The van der Waals surface area contributed by atoms with Gasteiger partial charge in [0.2, 0.25) is 0 Å². The molecular weight excluding hydrogens is 511 g/mol. The fraction of sp³-hybridized carbons (Fsp3) is 0. The Kier molecular flexibility index (Phi) is 5.76. The maximum Gasteiger partial charge on any atom is 0.327 e. The molecule has 6 nitrogen and oxygen atoms in total. The van der Waals surface area contributed by atoms with E-state index in [1.54, 1.807) is 18.2 Å². The monoisotopic (exact) mass is 516 g/mol. The van der Waals surface area contributed by atoms with Crippen LogP contribution >= 0.6 is 55.1 Å². The second-order valence-electron chi connectivity index (χ2n) is 5.02. The molecule has 1 aromatic heterocycles. The number of benzene rings is 2. The summed E-state index contributed by atoms with van der Waals surface area (Å²) in [7, 11) is 0. The van der Waals surface area contributed by atoms with E-state index in [-0.39, 0.29) is 21.4 Å². The molecule has 0 atom stereocenters. The van der Waals surface area contributed by atoms with Gasteiger partial charge in [0.05, 0.1) is 32.8 Å². The number of imide groups is 1. The third kappa shape index (κ3) is 4.15. The van der Waals surface area contributed by atoms with Crippen molar-refractivity contribution >= 4 is 83.9 Å². The van der Waals surface area contributed by atoms with Crippen molar-refractivity contribution in [3.63, 3.8) is 0 Å². The van der Waals surface area contributed by atoms with Crippen LogP contribution in [0.4, 0.5) is 10.6 Å². The Morgan fingerprint density at radius 1 is 1.00 bits per heavy atom. The third-order valence-electron chi connectivity index (χ3n) is 3.24. The molecule has 0 aliphatic heterocycles. The number of halogens is 4. The van der Waals surface area contributed by atoms with Crippen LogP contribution in [0.25, 0.3) is 11.0 Å². The predicted octanol–water partition coefficient (Wildman–Crippen LogP) is 5.42. The maximum absolute atomic E-state index is 12.2. The summed E-state index contributed by atoms with van der Waals surface area (Å²) in [6.07, 6.45) is 1.38. The second kappa shape index (κ2) is 7.87. The van der Waals surface area contributed by atoms with Gasteiger partial charge in [0.25, 0.3) is 5.91 Å². The molecule has 1 heterocycles. The van der Waals surface area contributed by atoms with E-state index in [4.69, 9.17) is 23.2 Å². The zero-order valence-corrected chi connectivity index (χ0v) is 17.4. The Morgan fingerprint density at radius 2 is 1.62 bits per heavy atom. The summed E-state index contributed by atoms with van der Waals surface area (Å²) in [6, 6.07) is 7.37. The highest BCUT2D eigenvalue weighted by Gasteiger charge is 2.17. The van der Waals surface area contributed by atoms with Crippen molar-refractivity contribution in [3.05, 3.63) is 61.1 Å². The van der Waals surface area contributed by atoms with Gasteiger partial charge in [-0.15, -0.1) is 0 Å². The SMILES string of the molecule is O=C(NC(=O)c1c(Cl)cccc1Cl)Nc1cnc2cc(Br)c(Br)cc2n1. The topological polar surface area (TPSA) is 84.0 Å². The van der Waals surface area contributed by atoms with Gasteiger partial charge in [0, 0.05) is 8.95 Å². The molecule has 0 aliphatic rings. The molecule has 10 heteroatoms. The second-order valence-corrected chi connectivity index (χ2v) is 7.54. The van der Waals surface area contributed by atoms with E-state index in [1.165, 1.54) is 18.3 Å². The van der Waals surface area contributed by atoms with Crippen LogP contribution in [-0.4, -0.2) is 21.9 Å². The molecule has 0 unspecified atom stereocenters. The molecule has 26 heavy (non-hydrogen) atoms. The molecule has 3 rings (SSSR count). The molecule has 0 radical (unpaired) electrons. The van der Waals surface area contributed by atoms with Crippen LogP contribution in [0, 0.1) is 0 Å². The Balaban J connectivity index is 1.76. The predicted molar refractivity (Wildman–Crippen MR) is 108 cm³/mol. The smallest absolute Gasteiger partial charge is 0.291 e. The number of aromatic nitrogens is 2. The number of fused-ring (bicyclic) bond motifs is 1. The van der Waals surface area contributed by atoms with Crippen molar-refractivity contribution in [2.75, 3.05) is 5.32 Å². The Labute approximate surface area is 174 Å². The van der Waals surface area contributed by atoms with E-state index in [2.05, 4.69) is 52.5 Å². The quantitative estimate of drug-likeness (QED) is 0.474. The summed E-state index contributed by atoms with van der Waals surface area (Å²) in [5.41, 5.74) is 1.23. The van der Waals surface area contributed by atoms with Crippen LogP contribution in [0.15, 0.2) is 45.5 Å². The van der Waals surface area contributed by atoms with E-state index < -0.39 is 11.9 Å². The van der Waals surface area contributed by atoms with Crippen LogP contribution in [-0.2, 0) is 0 Å². The van der Waals surface area contributed by atoms with Gasteiger partial charge in [-0.1, -0.05) is 29.3 Å². The number of hydrogen-bond acceptors (Lipinski definition) is 4. The first-order valence-corrected chi connectivity index (χ1v) is 9.37. The number of rotatable bonds is 2. The van der Waals surface area contributed by atoms with Crippen molar-refractivity contribution in [1.82, 2.24) is 15.3 Å². The van der Waals surface area contributed by atoms with Gasteiger partial charge in [-0.25, -0.2) is 9.78 Å². The molecule has 0 aliphatic carbocycles. The highest BCUT2D eigenvalue weighted by Crippen LogP contribution is 2.27. The van der Waals surface area contributed by atoms with Gasteiger partial charge < -0.3 is 0 Å². The van der Waals surface area contributed by atoms with Gasteiger partial charge in [0.15, 0.2) is 5.82 Å². The Bertz CT molecular complexity index is 1030. The van der Waals surface area contributed by atoms with Crippen LogP contribution in [0.5, 0.6) is 0 Å². The average molecular weight is 519 g/mol. The lowest BCUT2D eigenvalue weighted by molar-refractivity contribution is 0.0967. The molecular formula is C16H8Br2Cl2N4O2. The van der Waals surface area contributed by atoms with Crippen LogP contribution in [0.3, 0.4) is 0 Å². The van der Waals surface area contributed by atoms with E-state index in [1.807, 2.05) is 0 Å². The highest BCUT2D eigenvalue weighted by atomic mass is 79.9. The first-order chi connectivity index (χ1) is 12.3. The molecule has 2 N–H and O–H groups in total. The van der Waals surface area contributed by atoms with Gasteiger partial charge in [0.1, 0.15) is 0 Å². The molecule has 3 amide bonds. The first kappa shape index (κ1) is 19.0. The van der Waals surface area contributed by atoms with Gasteiger partial charge >= 0.3 is 6.03 Å². The van der Waals surface area contributed by atoms with E-state index in [0.29, 0.717) is 11.0 Å². The minimum atomic E-state index is -0.782. The number of carbonyl (C=O) groups excluding carboxylic acids is 2. The molecule has 2 aromatic carbocycles. The number of nitrogens with one attached hydrogen (secondary N) is 2. The maximum atomic E-state index is 12.2. The number of carbonyl (C=O) groups is 2. The number of anilines is 1. The summed E-state index contributed by atoms with van der Waals surface area (Å²) in [5.74, 6) is -0.541. The fourth-order valence-electron chi connectivity index (χ4n) is 2.10. The molecule has 0 fully saturated rings. The average Bonchev–Trinajstić information content (AvgIpc) is 2.56. The summed E-state index contributed by atoms with van der Waals surface area (Å²) in [4.78, 5) is 32.8. The van der Waals surface area contributed by atoms with Gasteiger partial charge in [-0.3, -0.25) is 20.4 Å². The van der Waals surface area contributed by atoms with E-state index >= 15 is 0 Å². The number of nitrogens with zero attached hydrogens (tertiary/aromatic N) is 2. The van der Waals surface area contributed by atoms with E-state index in [9.17, 15) is 9.59 Å². The van der Waals surface area contributed by atoms with Crippen molar-refractivity contribution < 1.29 is 9.59 Å². The minimum absolute atomic E-state index is 0.0179. The Morgan fingerprint density at radius 3 is 2.27 bits per heavy atom. The number of urea groups is 1. The summed E-state index contributed by atoms with van der Waals surface area (Å²) in [6.45, 7) is 0. The molecule has 0 saturated carbocycles. The van der Waals surface area contributed by atoms with Crippen molar-refractivity contribution in [3.8, 4) is 0 Å². The summed E-state index contributed by atoms with van der Waals surface area (Å²) < 4.78 is 1.63. The third-order valence-corrected chi connectivity index (χ3v) is 5.72. The van der Waals surface area contributed by atoms with E-state index in [0.717, 1.165) is 8.95 Å². The van der Waals surface area contributed by atoms with Crippen LogP contribution in [0.2, 0.25) is 10.0 Å². The van der Waals surface area contributed by atoms with Crippen LogP contribution < -0.4 is 10.6 Å². The summed E-state index contributed by atoms with van der Waals surface area (Å²) >= 11 is 18.7. The standard InChI is InChI=1S/C16H8Br2Cl2N4O2/c17-7-4-11-12(5-8(7)18)22-13(6-21-11)23-16(26)24-15(25)14-9(19)2-1-3-10(14)20/h1-6H,(H2,22,23,24,25,26). The lowest BCUT2D eigenvalue weighted by atomic mass is 10.2. The summed E-state index contributed by atoms with van der Waals surface area (Å²) in [5, 5.41) is 4.89. The van der Waals surface area contributed by atoms with Crippen molar-refractivity contribution in [2.45, 2.75) is 0 Å².